The second kappa shape index (κ2) is 7.65. The molecule has 0 fully saturated rings. The zero-order valence-corrected chi connectivity index (χ0v) is 14.2. The lowest BCUT2D eigenvalue weighted by Gasteiger charge is -2.19. The first-order chi connectivity index (χ1) is 11.8. The van der Waals surface area contributed by atoms with E-state index in [1.54, 1.807) is 12.1 Å². The van der Waals surface area contributed by atoms with Gasteiger partial charge < -0.3 is 20.2 Å². The molecule has 25 heavy (non-hydrogen) atoms. The number of aliphatic carboxylic acids is 1. The molecule has 7 heteroatoms. The number of carboxylic acids is 1. The van der Waals surface area contributed by atoms with E-state index in [0.717, 1.165) is 11.1 Å². The van der Waals surface area contributed by atoms with Crippen molar-refractivity contribution >= 4 is 17.8 Å². The highest BCUT2D eigenvalue weighted by Gasteiger charge is 2.26. The summed E-state index contributed by atoms with van der Waals surface area (Å²) >= 11 is 0. The minimum Gasteiger partial charge on any atom is -0.479 e. The number of aryl methyl sites for hydroxylation is 2. The van der Waals surface area contributed by atoms with E-state index in [9.17, 15) is 19.5 Å². The van der Waals surface area contributed by atoms with Crippen LogP contribution in [0.2, 0.25) is 0 Å². The molecule has 0 radical (unpaired) electrons. The molecule has 0 saturated heterocycles. The van der Waals surface area contributed by atoms with Gasteiger partial charge in [-0.25, -0.2) is 4.79 Å². The first-order valence-electron chi connectivity index (χ1n) is 7.72. The molecule has 1 heterocycles. The highest BCUT2D eigenvalue weighted by molar-refractivity contribution is 5.97. The Bertz CT molecular complexity index is 763. The van der Waals surface area contributed by atoms with Crippen LogP contribution in [-0.2, 0) is 9.59 Å². The molecule has 2 amide bonds. The summed E-state index contributed by atoms with van der Waals surface area (Å²) in [5, 5.41) is 14.4. The zero-order chi connectivity index (χ0) is 18.6. The van der Waals surface area contributed by atoms with Crippen LogP contribution >= 0.6 is 0 Å². The maximum absolute atomic E-state index is 12.3. The van der Waals surface area contributed by atoms with Gasteiger partial charge in [-0.3, -0.25) is 9.59 Å². The van der Waals surface area contributed by atoms with Crippen molar-refractivity contribution in [3.8, 4) is 0 Å². The van der Waals surface area contributed by atoms with Gasteiger partial charge in [0.05, 0.1) is 11.8 Å². The van der Waals surface area contributed by atoms with E-state index < -0.39 is 29.9 Å². The van der Waals surface area contributed by atoms with Crippen molar-refractivity contribution in [3.05, 3.63) is 59.0 Å². The molecule has 0 aliphatic heterocycles. The molecule has 7 nitrogen and oxygen atoms in total. The fraction of sp³-hybridized carbons (Fsp3) is 0.278. The lowest BCUT2D eigenvalue weighted by atomic mass is 10.0. The summed E-state index contributed by atoms with van der Waals surface area (Å²) < 4.78 is 4.81. The summed E-state index contributed by atoms with van der Waals surface area (Å²) in [4.78, 5) is 35.8. The van der Waals surface area contributed by atoms with E-state index in [4.69, 9.17) is 4.42 Å². The van der Waals surface area contributed by atoms with Gasteiger partial charge in [-0.2, -0.15) is 0 Å². The minimum atomic E-state index is -1.20. The summed E-state index contributed by atoms with van der Waals surface area (Å²) in [6.07, 6.45) is 2.61. The van der Waals surface area contributed by atoms with Crippen molar-refractivity contribution in [3.63, 3.8) is 0 Å². The molecule has 0 saturated carbocycles. The van der Waals surface area contributed by atoms with Gasteiger partial charge in [0.25, 0.3) is 5.91 Å². The highest BCUT2D eigenvalue weighted by atomic mass is 16.4. The Balaban J connectivity index is 2.09. The SMILES string of the molecule is Cc1cc(C)cc(C(NC(=O)C(C)NC(=O)c2ccoc2)C(=O)O)c1. The number of hydrogen-bond donors (Lipinski definition) is 3. The Morgan fingerprint density at radius 3 is 2.24 bits per heavy atom. The van der Waals surface area contributed by atoms with Gasteiger partial charge in [-0.1, -0.05) is 29.3 Å². The number of carbonyl (C=O) groups excluding carboxylic acids is 2. The normalized spacial score (nSPS) is 12.9. The van der Waals surface area contributed by atoms with Crippen molar-refractivity contribution in [2.75, 3.05) is 0 Å². The predicted molar refractivity (Wildman–Crippen MR) is 90.1 cm³/mol. The Hall–Kier alpha value is -3.09. The Morgan fingerprint density at radius 1 is 1.08 bits per heavy atom. The fourth-order valence-electron chi connectivity index (χ4n) is 2.47. The molecule has 2 atom stereocenters. The van der Waals surface area contributed by atoms with Crippen molar-refractivity contribution in [1.82, 2.24) is 10.6 Å². The van der Waals surface area contributed by atoms with Gasteiger partial charge in [-0.05, 0) is 32.4 Å². The summed E-state index contributed by atoms with van der Waals surface area (Å²) in [5.74, 6) is -2.25. The van der Waals surface area contributed by atoms with Gasteiger partial charge in [0, 0.05) is 0 Å². The second-order valence-corrected chi connectivity index (χ2v) is 5.91. The first kappa shape index (κ1) is 18.3. The maximum Gasteiger partial charge on any atom is 0.330 e. The lowest BCUT2D eigenvalue weighted by molar-refractivity contribution is -0.142. The van der Waals surface area contributed by atoms with Crippen LogP contribution in [0.1, 0.15) is 40.0 Å². The van der Waals surface area contributed by atoms with Crippen molar-refractivity contribution in [2.24, 2.45) is 0 Å². The van der Waals surface area contributed by atoms with Crippen LogP contribution in [0.5, 0.6) is 0 Å². The Labute approximate surface area is 145 Å². The van der Waals surface area contributed by atoms with Crippen LogP contribution in [0.25, 0.3) is 0 Å². The van der Waals surface area contributed by atoms with Gasteiger partial charge in [-0.15, -0.1) is 0 Å². The third-order valence-electron chi connectivity index (χ3n) is 3.64. The molecule has 0 bridgehead atoms. The van der Waals surface area contributed by atoms with Gasteiger partial charge >= 0.3 is 5.97 Å². The molecular weight excluding hydrogens is 324 g/mol. The van der Waals surface area contributed by atoms with Crippen LogP contribution in [0, 0.1) is 13.8 Å². The van der Waals surface area contributed by atoms with E-state index in [-0.39, 0.29) is 5.56 Å². The number of rotatable bonds is 6. The van der Waals surface area contributed by atoms with E-state index >= 15 is 0 Å². The van der Waals surface area contributed by atoms with E-state index in [0.29, 0.717) is 5.56 Å². The lowest BCUT2D eigenvalue weighted by Crippen LogP contribution is -2.47. The second-order valence-electron chi connectivity index (χ2n) is 5.91. The molecule has 1 aromatic carbocycles. The summed E-state index contributed by atoms with van der Waals surface area (Å²) in [6.45, 7) is 5.18. The van der Waals surface area contributed by atoms with E-state index in [1.807, 2.05) is 19.9 Å². The molecule has 0 aliphatic carbocycles. The molecule has 2 unspecified atom stereocenters. The number of benzene rings is 1. The van der Waals surface area contributed by atoms with Crippen molar-refractivity contribution in [2.45, 2.75) is 32.9 Å². The van der Waals surface area contributed by atoms with Gasteiger partial charge in [0.2, 0.25) is 5.91 Å². The summed E-state index contributed by atoms with van der Waals surface area (Å²) in [5.41, 5.74) is 2.56. The van der Waals surface area contributed by atoms with E-state index in [2.05, 4.69) is 10.6 Å². The molecule has 0 aliphatic rings. The molecule has 2 rings (SSSR count). The average molecular weight is 344 g/mol. The standard InChI is InChI=1S/C18H20N2O5/c1-10-6-11(2)8-14(7-10)15(18(23)24)20-16(21)12(3)19-17(22)13-4-5-25-9-13/h4-9,12,15H,1-3H3,(H,19,22)(H,20,21)(H,23,24). The van der Waals surface area contributed by atoms with E-state index in [1.165, 1.54) is 25.5 Å². The number of hydrogen-bond acceptors (Lipinski definition) is 4. The molecule has 3 N–H and O–H groups in total. The first-order valence-corrected chi connectivity index (χ1v) is 7.72. The largest absolute Gasteiger partial charge is 0.479 e. The monoisotopic (exact) mass is 344 g/mol. The molecule has 0 spiro atoms. The summed E-state index contributed by atoms with van der Waals surface area (Å²) in [7, 11) is 0. The van der Waals surface area contributed by atoms with Gasteiger partial charge in [0.1, 0.15) is 12.3 Å². The van der Waals surface area contributed by atoms with Crippen LogP contribution < -0.4 is 10.6 Å². The molecular formula is C18H20N2O5. The number of carboxylic acid groups (broad SMARTS) is 1. The smallest absolute Gasteiger partial charge is 0.330 e. The molecule has 132 valence electrons. The fourth-order valence-corrected chi connectivity index (χ4v) is 2.47. The third kappa shape index (κ3) is 4.69. The van der Waals surface area contributed by atoms with Crippen molar-refractivity contribution in [1.29, 1.82) is 0 Å². The highest BCUT2D eigenvalue weighted by Crippen LogP contribution is 2.17. The van der Waals surface area contributed by atoms with Crippen LogP contribution in [0.4, 0.5) is 0 Å². The van der Waals surface area contributed by atoms with Crippen LogP contribution in [-0.4, -0.2) is 28.9 Å². The quantitative estimate of drug-likeness (QED) is 0.742. The van der Waals surface area contributed by atoms with Crippen molar-refractivity contribution < 1.29 is 23.9 Å². The van der Waals surface area contributed by atoms with Crippen LogP contribution in [0.3, 0.4) is 0 Å². The maximum atomic E-state index is 12.3. The third-order valence-corrected chi connectivity index (χ3v) is 3.64. The molecule has 2 aromatic rings. The number of furan rings is 1. The average Bonchev–Trinajstić information content (AvgIpc) is 3.05. The molecule has 1 aromatic heterocycles. The summed E-state index contributed by atoms with van der Waals surface area (Å²) in [6, 6.07) is 4.70. The van der Waals surface area contributed by atoms with Gasteiger partial charge in [0.15, 0.2) is 6.04 Å². The van der Waals surface area contributed by atoms with Crippen LogP contribution in [0.15, 0.2) is 41.2 Å². The Kier molecular flexibility index (Phi) is 5.59. The number of amides is 2. The zero-order valence-electron chi connectivity index (χ0n) is 14.2. The number of carbonyl (C=O) groups is 3. The minimum absolute atomic E-state index is 0.281. The Morgan fingerprint density at radius 2 is 1.72 bits per heavy atom. The topological polar surface area (TPSA) is 109 Å². The number of nitrogens with one attached hydrogen (secondary N) is 2. The predicted octanol–water partition coefficient (Wildman–Crippen LogP) is 1.96.